The smallest absolute Gasteiger partial charge is 0.326 e. The lowest BCUT2D eigenvalue weighted by atomic mass is 9.97. The van der Waals surface area contributed by atoms with E-state index >= 15 is 0 Å². The van der Waals surface area contributed by atoms with Crippen LogP contribution in [-0.4, -0.2) is 70.4 Å². The Kier molecular flexibility index (Phi) is 11.7. The fourth-order valence-electron chi connectivity index (χ4n) is 2.27. The van der Waals surface area contributed by atoms with Crippen molar-refractivity contribution in [3.05, 3.63) is 0 Å². The van der Waals surface area contributed by atoms with E-state index in [1.807, 2.05) is 6.92 Å². The Morgan fingerprint density at radius 2 is 1.50 bits per heavy atom. The SMILES string of the molecule is CCC(C)C(NC(=O)C(NC(=O)C(CS)NC(=O)C(N)CO)C(C)C)C(=O)O. The van der Waals surface area contributed by atoms with Crippen LogP contribution in [0, 0.1) is 11.8 Å². The number of carboxylic acid groups (broad SMARTS) is 1. The van der Waals surface area contributed by atoms with Crippen molar-refractivity contribution in [2.45, 2.75) is 58.3 Å². The molecule has 28 heavy (non-hydrogen) atoms. The zero-order chi connectivity index (χ0) is 22.0. The van der Waals surface area contributed by atoms with Gasteiger partial charge in [0.1, 0.15) is 24.2 Å². The summed E-state index contributed by atoms with van der Waals surface area (Å²) in [6, 6.07) is -4.36. The second kappa shape index (κ2) is 12.6. The Morgan fingerprint density at radius 3 is 1.89 bits per heavy atom. The number of carbonyl (C=O) groups is 4. The number of nitrogens with two attached hydrogens (primary N) is 1. The van der Waals surface area contributed by atoms with Crippen molar-refractivity contribution in [2.24, 2.45) is 17.6 Å². The van der Waals surface area contributed by atoms with Crippen molar-refractivity contribution in [1.29, 1.82) is 0 Å². The molecular formula is C17H32N4O6S. The third-order valence-electron chi connectivity index (χ3n) is 4.37. The van der Waals surface area contributed by atoms with Gasteiger partial charge >= 0.3 is 5.97 Å². The monoisotopic (exact) mass is 420 g/mol. The van der Waals surface area contributed by atoms with Crippen LogP contribution in [0.4, 0.5) is 0 Å². The summed E-state index contributed by atoms with van der Waals surface area (Å²) < 4.78 is 0. The maximum Gasteiger partial charge on any atom is 0.326 e. The standard InChI is InChI=1S/C17H32N4O6S/c1-5-9(4)13(17(26)27)21-16(25)12(8(2)3)20-15(24)11(7-28)19-14(23)10(18)6-22/h8-13,22,28H,5-7,18H2,1-4H3,(H,19,23)(H,20,24)(H,21,25)(H,26,27). The molecule has 0 heterocycles. The molecule has 5 unspecified atom stereocenters. The van der Waals surface area contributed by atoms with Gasteiger partial charge in [-0.3, -0.25) is 14.4 Å². The van der Waals surface area contributed by atoms with E-state index in [4.69, 9.17) is 10.8 Å². The molecule has 11 heteroatoms. The summed E-state index contributed by atoms with van der Waals surface area (Å²) in [6.07, 6.45) is 0.550. The van der Waals surface area contributed by atoms with E-state index in [0.29, 0.717) is 6.42 Å². The maximum absolute atomic E-state index is 12.6. The molecule has 0 aliphatic heterocycles. The van der Waals surface area contributed by atoms with Gasteiger partial charge in [-0.15, -0.1) is 0 Å². The van der Waals surface area contributed by atoms with Crippen LogP contribution >= 0.6 is 12.6 Å². The van der Waals surface area contributed by atoms with Gasteiger partial charge in [0, 0.05) is 5.75 Å². The predicted molar refractivity (Wildman–Crippen MR) is 107 cm³/mol. The highest BCUT2D eigenvalue weighted by Gasteiger charge is 2.32. The first-order valence-corrected chi connectivity index (χ1v) is 9.74. The van der Waals surface area contributed by atoms with E-state index in [1.54, 1.807) is 20.8 Å². The van der Waals surface area contributed by atoms with Gasteiger partial charge in [0.05, 0.1) is 6.61 Å². The van der Waals surface area contributed by atoms with E-state index in [0.717, 1.165) is 0 Å². The molecule has 0 aliphatic carbocycles. The van der Waals surface area contributed by atoms with Crippen molar-refractivity contribution in [1.82, 2.24) is 16.0 Å². The van der Waals surface area contributed by atoms with Gasteiger partial charge < -0.3 is 31.9 Å². The van der Waals surface area contributed by atoms with Gasteiger partial charge in [-0.25, -0.2) is 4.79 Å². The van der Waals surface area contributed by atoms with Crippen LogP contribution in [0.15, 0.2) is 0 Å². The molecule has 7 N–H and O–H groups in total. The minimum absolute atomic E-state index is 0.0627. The van der Waals surface area contributed by atoms with Gasteiger partial charge in [0.15, 0.2) is 0 Å². The van der Waals surface area contributed by atoms with Gasteiger partial charge in [-0.1, -0.05) is 34.1 Å². The first-order valence-electron chi connectivity index (χ1n) is 9.11. The molecule has 0 aromatic heterocycles. The number of aliphatic carboxylic acids is 1. The van der Waals surface area contributed by atoms with E-state index in [2.05, 4.69) is 28.6 Å². The van der Waals surface area contributed by atoms with Crippen molar-refractivity contribution < 1.29 is 29.4 Å². The normalized spacial score (nSPS) is 16.4. The second-order valence-corrected chi connectivity index (χ2v) is 7.34. The Hall–Kier alpha value is -1.85. The first-order chi connectivity index (χ1) is 13.0. The first kappa shape index (κ1) is 26.1. The molecule has 0 aromatic rings. The lowest BCUT2D eigenvalue weighted by Gasteiger charge is -2.27. The number of rotatable bonds is 12. The number of aliphatic hydroxyl groups is 1. The van der Waals surface area contributed by atoms with Crippen LogP contribution in [0.25, 0.3) is 0 Å². The molecular weight excluding hydrogens is 388 g/mol. The van der Waals surface area contributed by atoms with Crippen molar-refractivity contribution in [3.63, 3.8) is 0 Å². The fraction of sp³-hybridized carbons (Fsp3) is 0.765. The zero-order valence-corrected chi connectivity index (χ0v) is 17.5. The summed E-state index contributed by atoms with van der Waals surface area (Å²) in [7, 11) is 0. The Balaban J connectivity index is 5.21. The lowest BCUT2D eigenvalue weighted by Crippen LogP contribution is -2.59. The number of nitrogens with one attached hydrogen (secondary N) is 3. The third-order valence-corrected chi connectivity index (χ3v) is 4.74. The number of amides is 3. The van der Waals surface area contributed by atoms with Crippen LogP contribution in [0.2, 0.25) is 0 Å². The van der Waals surface area contributed by atoms with Crippen molar-refractivity contribution in [2.75, 3.05) is 12.4 Å². The average Bonchev–Trinajstić information content (AvgIpc) is 2.65. The Bertz CT molecular complexity index is 560. The number of hydrogen-bond donors (Lipinski definition) is 7. The maximum atomic E-state index is 12.6. The van der Waals surface area contributed by atoms with Crippen LogP contribution in [0.3, 0.4) is 0 Å². The molecule has 5 atom stereocenters. The van der Waals surface area contributed by atoms with E-state index < -0.39 is 54.5 Å². The lowest BCUT2D eigenvalue weighted by molar-refractivity contribution is -0.144. The minimum atomic E-state index is -1.19. The van der Waals surface area contributed by atoms with Crippen LogP contribution in [-0.2, 0) is 19.2 Å². The highest BCUT2D eigenvalue weighted by molar-refractivity contribution is 7.80. The van der Waals surface area contributed by atoms with Crippen LogP contribution < -0.4 is 21.7 Å². The van der Waals surface area contributed by atoms with Crippen LogP contribution in [0.5, 0.6) is 0 Å². The number of aliphatic hydroxyl groups excluding tert-OH is 1. The molecule has 3 amide bonds. The van der Waals surface area contributed by atoms with Crippen molar-refractivity contribution in [3.8, 4) is 0 Å². The summed E-state index contributed by atoms with van der Waals surface area (Å²) in [5.74, 6) is -3.89. The van der Waals surface area contributed by atoms with E-state index in [9.17, 15) is 24.3 Å². The van der Waals surface area contributed by atoms with Gasteiger partial charge in [-0.05, 0) is 11.8 Å². The van der Waals surface area contributed by atoms with Gasteiger partial charge in [0.2, 0.25) is 17.7 Å². The minimum Gasteiger partial charge on any atom is -0.480 e. The molecule has 0 aromatic carbocycles. The molecule has 162 valence electrons. The van der Waals surface area contributed by atoms with E-state index in [-0.39, 0.29) is 17.6 Å². The summed E-state index contributed by atoms with van der Waals surface area (Å²) in [6.45, 7) is 6.32. The largest absolute Gasteiger partial charge is 0.480 e. The van der Waals surface area contributed by atoms with Crippen LogP contribution in [0.1, 0.15) is 34.1 Å². The molecule has 0 fully saturated rings. The summed E-state index contributed by atoms with van der Waals surface area (Å²) >= 11 is 4.02. The van der Waals surface area contributed by atoms with Gasteiger partial charge in [-0.2, -0.15) is 12.6 Å². The summed E-state index contributed by atoms with van der Waals surface area (Å²) in [4.78, 5) is 48.3. The molecule has 0 radical (unpaired) electrons. The molecule has 0 aliphatic rings. The quantitative estimate of drug-likeness (QED) is 0.188. The molecule has 0 saturated carbocycles. The predicted octanol–water partition coefficient (Wildman–Crippen LogP) is -1.52. The zero-order valence-electron chi connectivity index (χ0n) is 16.6. The highest BCUT2D eigenvalue weighted by Crippen LogP contribution is 2.10. The molecule has 0 saturated heterocycles. The summed E-state index contributed by atoms with van der Waals surface area (Å²) in [5, 5.41) is 25.6. The van der Waals surface area contributed by atoms with E-state index in [1.165, 1.54) is 0 Å². The average molecular weight is 421 g/mol. The molecule has 10 nitrogen and oxygen atoms in total. The summed E-state index contributed by atoms with van der Waals surface area (Å²) in [5.41, 5.74) is 5.40. The Labute approximate surface area is 170 Å². The number of carboxylic acids is 1. The number of thiol groups is 1. The Morgan fingerprint density at radius 1 is 0.964 bits per heavy atom. The van der Waals surface area contributed by atoms with Crippen molar-refractivity contribution >= 4 is 36.3 Å². The molecule has 0 spiro atoms. The molecule has 0 rings (SSSR count). The number of hydrogen-bond acceptors (Lipinski definition) is 7. The highest BCUT2D eigenvalue weighted by atomic mass is 32.1. The topological polar surface area (TPSA) is 171 Å². The molecule has 0 bridgehead atoms. The second-order valence-electron chi connectivity index (χ2n) is 6.97. The third kappa shape index (κ3) is 8.03. The fourth-order valence-corrected chi connectivity index (χ4v) is 2.53. The number of carbonyl (C=O) groups excluding carboxylic acids is 3. The van der Waals surface area contributed by atoms with Gasteiger partial charge in [0.25, 0.3) is 0 Å².